The Morgan fingerprint density at radius 1 is 1.13 bits per heavy atom. The number of fused-ring (bicyclic) bond motifs is 2. The molecule has 0 spiro atoms. The van der Waals surface area contributed by atoms with Crippen LogP contribution in [0.4, 0.5) is 36.6 Å². The molecule has 2 aliphatic heterocycles. The number of nitrogens with one attached hydrogen (secondary N) is 1. The Morgan fingerprint density at radius 3 is 2.53 bits per heavy atom. The van der Waals surface area contributed by atoms with Gasteiger partial charge < -0.3 is 19.7 Å². The molecule has 1 N–H and O–H groups in total. The number of anilines is 4. The van der Waals surface area contributed by atoms with Gasteiger partial charge in [0.1, 0.15) is 28.9 Å². The predicted octanol–water partition coefficient (Wildman–Crippen LogP) is 7.56. The topological polar surface area (TPSA) is 92.7 Å². The first kappa shape index (κ1) is 32.3. The van der Waals surface area contributed by atoms with E-state index in [1.807, 2.05) is 6.20 Å². The zero-order valence-corrected chi connectivity index (χ0v) is 27.0. The quantitative estimate of drug-likeness (QED) is 0.246. The number of nitrogens with zero attached hydrogens (tertiary/aromatic N) is 5. The number of carbonyl (C=O) groups is 1. The first-order valence-corrected chi connectivity index (χ1v) is 15.1. The van der Waals surface area contributed by atoms with Gasteiger partial charge >= 0.3 is 6.09 Å². The van der Waals surface area contributed by atoms with Gasteiger partial charge in [0.05, 0.1) is 52.4 Å². The lowest BCUT2D eigenvalue weighted by Crippen LogP contribution is -2.36. The third-order valence-electron chi connectivity index (χ3n) is 7.42. The molecule has 238 valence electrons. The second kappa shape index (κ2) is 12.7. The van der Waals surface area contributed by atoms with Crippen molar-refractivity contribution in [3.05, 3.63) is 76.7 Å². The van der Waals surface area contributed by atoms with E-state index >= 15 is 0 Å². The second-order valence-electron chi connectivity index (χ2n) is 12.6. The Bertz CT molecular complexity index is 1710. The van der Waals surface area contributed by atoms with Crippen molar-refractivity contribution in [1.82, 2.24) is 15.0 Å². The fraction of sp³-hybridized carbons (Fsp3) is 0.394. The molecule has 2 aliphatic rings. The molecule has 0 unspecified atom stereocenters. The van der Waals surface area contributed by atoms with Crippen LogP contribution in [0.25, 0.3) is 10.9 Å². The lowest BCUT2D eigenvalue weighted by Gasteiger charge is -2.29. The molecule has 0 bridgehead atoms. The van der Waals surface area contributed by atoms with Gasteiger partial charge in [-0.05, 0) is 45.9 Å². The zero-order valence-electron chi connectivity index (χ0n) is 26.2. The number of hydrogen-bond acceptors (Lipinski definition) is 8. The number of carbonyl (C=O) groups excluding carboxylic acids is 1. The van der Waals surface area contributed by atoms with Gasteiger partial charge in [0.15, 0.2) is 0 Å². The van der Waals surface area contributed by atoms with Crippen LogP contribution in [-0.2, 0) is 14.9 Å². The molecule has 0 atom stereocenters. The maximum atomic E-state index is 14.2. The van der Waals surface area contributed by atoms with Crippen molar-refractivity contribution >= 4 is 51.6 Å². The van der Waals surface area contributed by atoms with E-state index in [0.29, 0.717) is 5.56 Å². The predicted molar refractivity (Wildman–Crippen MR) is 173 cm³/mol. The fourth-order valence-electron chi connectivity index (χ4n) is 5.17. The van der Waals surface area contributed by atoms with Gasteiger partial charge in [-0.3, -0.25) is 4.98 Å². The summed E-state index contributed by atoms with van der Waals surface area (Å²) in [6.07, 6.45) is 2.76. The minimum atomic E-state index is -0.830. The third-order valence-corrected chi connectivity index (χ3v) is 7.89. The van der Waals surface area contributed by atoms with Crippen LogP contribution in [-0.4, -0.2) is 59.5 Å². The van der Waals surface area contributed by atoms with Crippen LogP contribution in [0.2, 0.25) is 5.02 Å². The van der Waals surface area contributed by atoms with Gasteiger partial charge in [0.25, 0.3) is 0 Å². The summed E-state index contributed by atoms with van der Waals surface area (Å²) in [4.78, 5) is 29.5. The van der Waals surface area contributed by atoms with E-state index in [2.05, 4.69) is 45.1 Å². The highest BCUT2D eigenvalue weighted by atomic mass is 35.5. The van der Waals surface area contributed by atoms with Crippen LogP contribution in [0.1, 0.15) is 45.9 Å². The molecule has 5 heterocycles. The highest BCUT2D eigenvalue weighted by Gasteiger charge is 2.32. The summed E-state index contributed by atoms with van der Waals surface area (Å²) in [7, 11) is 0. The number of halogens is 3. The van der Waals surface area contributed by atoms with Gasteiger partial charge in [0.2, 0.25) is 0 Å². The van der Waals surface area contributed by atoms with Crippen LogP contribution in [0.15, 0.2) is 48.8 Å². The first-order chi connectivity index (χ1) is 21.2. The van der Waals surface area contributed by atoms with Crippen molar-refractivity contribution in [1.29, 1.82) is 0 Å². The lowest BCUT2D eigenvalue weighted by molar-refractivity contribution is 0.0597. The average Bonchev–Trinajstić information content (AvgIpc) is 3.29. The van der Waals surface area contributed by atoms with E-state index < -0.39 is 23.3 Å². The van der Waals surface area contributed by atoms with Gasteiger partial charge in [0, 0.05) is 48.9 Å². The Hall–Kier alpha value is -4.09. The molecule has 0 aliphatic carbocycles. The highest BCUT2D eigenvalue weighted by molar-refractivity contribution is 6.36. The summed E-state index contributed by atoms with van der Waals surface area (Å²) < 4.78 is 38.8. The molecule has 12 heteroatoms. The number of benzene rings is 1. The van der Waals surface area contributed by atoms with Crippen LogP contribution >= 0.6 is 11.6 Å². The second-order valence-corrected chi connectivity index (χ2v) is 13.0. The summed E-state index contributed by atoms with van der Waals surface area (Å²) in [6, 6.07) is 8.99. The number of rotatable bonds is 3. The molecular weight excluding hydrogens is 602 g/mol. The molecule has 0 saturated carbocycles. The third kappa shape index (κ3) is 7.10. The zero-order chi connectivity index (χ0) is 32.5. The number of morpholine rings is 1. The molecule has 1 aromatic carbocycles. The van der Waals surface area contributed by atoms with E-state index in [-0.39, 0.29) is 33.0 Å². The van der Waals surface area contributed by atoms with Gasteiger partial charge in [-0.2, -0.15) is 0 Å². The molecule has 3 aromatic heterocycles. The highest BCUT2D eigenvalue weighted by Crippen LogP contribution is 2.38. The molecule has 6 rings (SSSR count). The number of amides is 1. The monoisotopic (exact) mass is 638 g/mol. The largest absolute Gasteiger partial charge is 0.443 e. The SMILES string of the molecule is CC1(C)CNc2cc(N3CCOCC3)cnc21.Cc1c(N(C(=O)OC(C)(C)C)c2ccccn2)nc2cc(F)cc(F)c2c1Cl. The Balaban J connectivity index is 0.000000200. The Labute approximate surface area is 266 Å². The van der Waals surface area contributed by atoms with Crippen molar-refractivity contribution in [3.8, 4) is 0 Å². The molecule has 1 saturated heterocycles. The molecule has 9 nitrogen and oxygen atoms in total. The first-order valence-electron chi connectivity index (χ1n) is 14.7. The van der Waals surface area contributed by atoms with Gasteiger partial charge in [-0.15, -0.1) is 0 Å². The van der Waals surface area contributed by atoms with Crippen molar-refractivity contribution in [2.45, 2.75) is 52.6 Å². The summed E-state index contributed by atoms with van der Waals surface area (Å²) in [5, 5.41) is 3.46. The van der Waals surface area contributed by atoms with E-state index in [4.69, 9.17) is 21.1 Å². The smallest absolute Gasteiger partial charge is 0.421 e. The minimum Gasteiger partial charge on any atom is -0.443 e. The summed E-state index contributed by atoms with van der Waals surface area (Å²) >= 11 is 6.36. The molecular formula is C33H37ClF2N6O3. The van der Waals surface area contributed by atoms with Gasteiger partial charge in [-0.1, -0.05) is 31.5 Å². The van der Waals surface area contributed by atoms with Crippen LogP contribution in [0.5, 0.6) is 0 Å². The van der Waals surface area contributed by atoms with Crippen molar-refractivity contribution < 1.29 is 23.0 Å². The number of pyridine rings is 3. The van der Waals surface area contributed by atoms with E-state index in [0.717, 1.165) is 49.9 Å². The number of hydrogen-bond donors (Lipinski definition) is 1. The number of aromatic nitrogens is 3. The average molecular weight is 639 g/mol. The van der Waals surface area contributed by atoms with Crippen LogP contribution in [0, 0.1) is 18.6 Å². The number of ether oxygens (including phenoxy) is 2. The molecule has 1 amide bonds. The standard InChI is InChI=1S/C20H18ClF2N3O2.C13H19N3O/c1-11-17(21)16-13(23)9-12(22)10-14(16)25-18(11)26(15-7-5-6-8-24-15)19(27)28-20(2,3)4;1-13(2)9-15-11-7-10(8-14-12(11)13)16-3-5-17-6-4-16/h5-10H,1-4H3;7-8,15H,3-6,9H2,1-2H3. The molecule has 0 radical (unpaired) electrons. The van der Waals surface area contributed by atoms with Crippen LogP contribution < -0.4 is 15.1 Å². The molecule has 4 aromatic rings. The van der Waals surface area contributed by atoms with Gasteiger partial charge in [-0.25, -0.2) is 28.4 Å². The minimum absolute atomic E-state index is 0.0190. The van der Waals surface area contributed by atoms with Crippen molar-refractivity contribution in [3.63, 3.8) is 0 Å². The van der Waals surface area contributed by atoms with Crippen LogP contribution in [0.3, 0.4) is 0 Å². The lowest BCUT2D eigenvalue weighted by atomic mass is 9.91. The van der Waals surface area contributed by atoms with Crippen molar-refractivity contribution in [2.24, 2.45) is 0 Å². The molecule has 45 heavy (non-hydrogen) atoms. The summed E-state index contributed by atoms with van der Waals surface area (Å²) in [5.41, 5.74) is 3.27. The fourth-order valence-corrected chi connectivity index (χ4v) is 5.44. The van der Waals surface area contributed by atoms with E-state index in [9.17, 15) is 13.6 Å². The Morgan fingerprint density at radius 2 is 1.87 bits per heavy atom. The summed E-state index contributed by atoms with van der Waals surface area (Å²) in [6.45, 7) is 15.7. The van der Waals surface area contributed by atoms with E-state index in [1.165, 1.54) is 23.3 Å². The molecule has 1 fully saturated rings. The van der Waals surface area contributed by atoms with E-state index in [1.54, 1.807) is 45.9 Å². The maximum absolute atomic E-state index is 14.2. The normalized spacial score (nSPS) is 15.5. The Kier molecular flexibility index (Phi) is 9.14. The maximum Gasteiger partial charge on any atom is 0.421 e. The van der Waals surface area contributed by atoms with Crippen molar-refractivity contribution in [2.75, 3.05) is 48.0 Å². The summed E-state index contributed by atoms with van der Waals surface area (Å²) in [5.74, 6) is -1.32.